The molecule has 0 aliphatic heterocycles. The predicted octanol–water partition coefficient (Wildman–Crippen LogP) is 3.59. The molecule has 7 nitrogen and oxygen atoms in total. The number of ether oxygens (including phenoxy) is 1. The summed E-state index contributed by atoms with van der Waals surface area (Å²) >= 11 is 0. The van der Waals surface area contributed by atoms with E-state index in [2.05, 4.69) is 0 Å². The summed E-state index contributed by atoms with van der Waals surface area (Å²) in [4.78, 5) is 27.2. The van der Waals surface area contributed by atoms with Crippen LogP contribution in [0, 0.1) is 5.82 Å². The molecule has 1 fully saturated rings. The van der Waals surface area contributed by atoms with Gasteiger partial charge in [-0.05, 0) is 54.8 Å². The van der Waals surface area contributed by atoms with Crippen LogP contribution in [0.15, 0.2) is 53.4 Å². The number of sulfonamides is 1. The second-order valence-electron chi connectivity index (χ2n) is 8.33. The Labute approximate surface area is 194 Å². The zero-order chi connectivity index (χ0) is 24.0. The van der Waals surface area contributed by atoms with E-state index in [4.69, 9.17) is 4.74 Å². The second-order valence-corrected chi connectivity index (χ2v) is 10.5. The molecule has 1 amide bonds. The van der Waals surface area contributed by atoms with E-state index >= 15 is 0 Å². The smallest absolute Gasteiger partial charge is 0.338 e. The van der Waals surface area contributed by atoms with Crippen LogP contribution >= 0.6 is 0 Å². The van der Waals surface area contributed by atoms with E-state index in [9.17, 15) is 22.4 Å². The lowest BCUT2D eigenvalue weighted by molar-refractivity contribution is -0.138. The molecule has 1 saturated carbocycles. The molecule has 0 spiro atoms. The number of hydrogen-bond acceptors (Lipinski definition) is 5. The van der Waals surface area contributed by atoms with Crippen LogP contribution in [0.1, 0.15) is 48.0 Å². The molecule has 1 aliphatic carbocycles. The number of halogens is 1. The van der Waals surface area contributed by atoms with Gasteiger partial charge < -0.3 is 9.64 Å². The normalized spacial score (nSPS) is 14.8. The average Bonchev–Trinajstić information content (AvgIpc) is 2.82. The largest absolute Gasteiger partial charge is 0.452 e. The molecule has 0 heterocycles. The van der Waals surface area contributed by atoms with Crippen molar-refractivity contribution < 1.29 is 27.1 Å². The number of carbonyl (C=O) groups is 2. The number of amides is 1. The minimum atomic E-state index is -3.60. The van der Waals surface area contributed by atoms with Crippen molar-refractivity contribution in [1.82, 2.24) is 9.21 Å². The first-order valence-corrected chi connectivity index (χ1v) is 12.4. The first kappa shape index (κ1) is 24.9. The van der Waals surface area contributed by atoms with Gasteiger partial charge in [0, 0.05) is 26.7 Å². The Morgan fingerprint density at radius 3 is 2.15 bits per heavy atom. The van der Waals surface area contributed by atoms with Gasteiger partial charge in [-0.2, -0.15) is 0 Å². The van der Waals surface area contributed by atoms with E-state index in [1.807, 2.05) is 0 Å². The van der Waals surface area contributed by atoms with Crippen LogP contribution in [0.5, 0.6) is 0 Å². The van der Waals surface area contributed by atoms with E-state index in [0.717, 1.165) is 42.0 Å². The van der Waals surface area contributed by atoms with E-state index in [-0.39, 0.29) is 28.2 Å². The fourth-order valence-electron chi connectivity index (χ4n) is 3.87. The maximum atomic E-state index is 13.3. The Morgan fingerprint density at radius 1 is 0.970 bits per heavy atom. The molecule has 0 bridgehead atoms. The summed E-state index contributed by atoms with van der Waals surface area (Å²) in [5, 5.41) is 0. The second kappa shape index (κ2) is 10.9. The van der Waals surface area contributed by atoms with Gasteiger partial charge in [-0.1, -0.05) is 31.4 Å². The van der Waals surface area contributed by atoms with Crippen molar-refractivity contribution in [3.8, 4) is 0 Å². The quantitative estimate of drug-likeness (QED) is 0.544. The average molecular weight is 477 g/mol. The lowest BCUT2D eigenvalue weighted by atomic mass is 9.93. The van der Waals surface area contributed by atoms with Gasteiger partial charge in [0.2, 0.25) is 10.0 Å². The lowest BCUT2D eigenvalue weighted by Crippen LogP contribution is -2.43. The highest BCUT2D eigenvalue weighted by molar-refractivity contribution is 7.89. The van der Waals surface area contributed by atoms with E-state index in [1.165, 1.54) is 50.5 Å². The van der Waals surface area contributed by atoms with Crippen molar-refractivity contribution in [3.63, 3.8) is 0 Å². The zero-order valence-electron chi connectivity index (χ0n) is 18.9. The molecule has 1 aliphatic rings. The molecular weight excluding hydrogens is 447 g/mol. The molecule has 178 valence electrons. The molecular formula is C24H29FN2O5S. The third-order valence-corrected chi connectivity index (χ3v) is 7.63. The summed E-state index contributed by atoms with van der Waals surface area (Å²) in [6.45, 7) is -0.104. The van der Waals surface area contributed by atoms with E-state index in [1.54, 1.807) is 17.0 Å². The number of benzene rings is 2. The summed E-state index contributed by atoms with van der Waals surface area (Å²) in [5.41, 5.74) is 0.961. The highest BCUT2D eigenvalue weighted by atomic mass is 32.2. The number of nitrogens with zero attached hydrogens (tertiary/aromatic N) is 2. The van der Waals surface area contributed by atoms with Crippen LogP contribution in [0.3, 0.4) is 0 Å². The fraction of sp³-hybridized carbons (Fsp3) is 0.417. The molecule has 33 heavy (non-hydrogen) atoms. The van der Waals surface area contributed by atoms with Gasteiger partial charge in [0.1, 0.15) is 5.82 Å². The fourth-order valence-corrected chi connectivity index (χ4v) is 4.77. The molecule has 0 aromatic heterocycles. The standard InChI is InChI=1S/C24H29FN2O5S/c1-26(2)33(30,31)22-14-10-19(11-15-22)24(29)32-17-23(28)27(21-6-4-3-5-7-21)16-18-8-12-20(25)13-9-18/h8-15,21H,3-7,16-17H2,1-2H3. The molecule has 0 saturated heterocycles. The van der Waals surface area contributed by atoms with Gasteiger partial charge in [-0.3, -0.25) is 4.79 Å². The maximum Gasteiger partial charge on any atom is 0.338 e. The molecule has 2 aromatic rings. The van der Waals surface area contributed by atoms with Gasteiger partial charge in [0.15, 0.2) is 6.61 Å². The van der Waals surface area contributed by atoms with Gasteiger partial charge in [-0.15, -0.1) is 0 Å². The van der Waals surface area contributed by atoms with Crippen LogP contribution < -0.4 is 0 Å². The van der Waals surface area contributed by atoms with Crippen LogP contribution in [-0.2, 0) is 26.1 Å². The Kier molecular flexibility index (Phi) is 8.20. The van der Waals surface area contributed by atoms with Crippen LogP contribution in [0.4, 0.5) is 4.39 Å². The van der Waals surface area contributed by atoms with Crippen molar-refractivity contribution in [1.29, 1.82) is 0 Å². The highest BCUT2D eigenvalue weighted by Gasteiger charge is 2.26. The molecule has 0 N–H and O–H groups in total. The predicted molar refractivity (Wildman–Crippen MR) is 121 cm³/mol. The first-order chi connectivity index (χ1) is 15.7. The van der Waals surface area contributed by atoms with Crippen LogP contribution in [-0.4, -0.2) is 56.2 Å². The summed E-state index contributed by atoms with van der Waals surface area (Å²) in [6, 6.07) is 11.4. The first-order valence-electron chi connectivity index (χ1n) is 10.9. The summed E-state index contributed by atoms with van der Waals surface area (Å²) in [5.74, 6) is -1.36. The monoisotopic (exact) mass is 476 g/mol. The van der Waals surface area contributed by atoms with Crippen LogP contribution in [0.2, 0.25) is 0 Å². The van der Waals surface area contributed by atoms with Crippen molar-refractivity contribution >= 4 is 21.9 Å². The Bertz CT molecular complexity index is 1060. The van der Waals surface area contributed by atoms with Gasteiger partial charge in [0.05, 0.1) is 10.5 Å². The zero-order valence-corrected chi connectivity index (χ0v) is 19.7. The molecule has 0 atom stereocenters. The molecule has 0 unspecified atom stereocenters. The minimum absolute atomic E-state index is 0.0468. The van der Waals surface area contributed by atoms with Gasteiger partial charge >= 0.3 is 5.97 Å². The van der Waals surface area contributed by atoms with E-state index < -0.39 is 22.6 Å². The summed E-state index contributed by atoms with van der Waals surface area (Å²) < 4.78 is 43.9. The van der Waals surface area contributed by atoms with Crippen molar-refractivity contribution in [2.45, 2.75) is 49.6 Å². The number of hydrogen-bond donors (Lipinski definition) is 0. The number of rotatable bonds is 8. The Balaban J connectivity index is 1.66. The Morgan fingerprint density at radius 2 is 1.58 bits per heavy atom. The molecule has 3 rings (SSSR count). The topological polar surface area (TPSA) is 84.0 Å². The molecule has 2 aromatic carbocycles. The van der Waals surface area contributed by atoms with E-state index in [0.29, 0.717) is 6.54 Å². The van der Waals surface area contributed by atoms with Crippen molar-refractivity contribution in [3.05, 3.63) is 65.5 Å². The van der Waals surface area contributed by atoms with Crippen molar-refractivity contribution in [2.24, 2.45) is 0 Å². The van der Waals surface area contributed by atoms with Gasteiger partial charge in [0.25, 0.3) is 5.91 Å². The summed E-state index contributed by atoms with van der Waals surface area (Å²) in [7, 11) is -0.757. The third-order valence-electron chi connectivity index (χ3n) is 5.80. The number of carbonyl (C=O) groups excluding carboxylic acids is 2. The van der Waals surface area contributed by atoms with Crippen molar-refractivity contribution in [2.75, 3.05) is 20.7 Å². The maximum absolute atomic E-state index is 13.3. The molecule has 9 heteroatoms. The lowest BCUT2D eigenvalue weighted by Gasteiger charge is -2.34. The Hall–Kier alpha value is -2.78. The van der Waals surface area contributed by atoms with Gasteiger partial charge in [-0.25, -0.2) is 21.9 Å². The minimum Gasteiger partial charge on any atom is -0.452 e. The summed E-state index contributed by atoms with van der Waals surface area (Å²) in [6.07, 6.45) is 4.94. The van der Waals surface area contributed by atoms with Crippen LogP contribution in [0.25, 0.3) is 0 Å². The third kappa shape index (κ3) is 6.39. The highest BCUT2D eigenvalue weighted by Crippen LogP contribution is 2.24. The molecule has 0 radical (unpaired) electrons. The number of esters is 1. The SMILES string of the molecule is CN(C)S(=O)(=O)c1ccc(C(=O)OCC(=O)N(Cc2ccc(F)cc2)C2CCCCC2)cc1.